The van der Waals surface area contributed by atoms with Crippen LogP contribution in [0, 0.1) is 12.8 Å². The Morgan fingerprint density at radius 1 is 1.32 bits per heavy atom. The molecule has 1 aromatic heterocycles. The van der Waals surface area contributed by atoms with E-state index in [1.807, 2.05) is 29.3 Å². The summed E-state index contributed by atoms with van der Waals surface area (Å²) in [5, 5.41) is 0. The van der Waals surface area contributed by atoms with E-state index in [-0.39, 0.29) is 11.9 Å². The van der Waals surface area contributed by atoms with Gasteiger partial charge in [0.15, 0.2) is 0 Å². The van der Waals surface area contributed by atoms with Crippen LogP contribution in [0.3, 0.4) is 0 Å². The quantitative estimate of drug-likeness (QED) is 0.786. The molecule has 0 spiro atoms. The van der Waals surface area contributed by atoms with Gasteiger partial charge in [-0.15, -0.1) is 0 Å². The number of urea groups is 1. The minimum atomic E-state index is -0.523. The molecule has 0 saturated carbocycles. The van der Waals surface area contributed by atoms with Gasteiger partial charge in [-0.1, -0.05) is 18.8 Å². The summed E-state index contributed by atoms with van der Waals surface area (Å²) in [4.78, 5) is 32.6. The maximum atomic E-state index is 12.8. The molecule has 1 atom stereocenters. The monoisotopic (exact) mass is 304 g/mol. The van der Waals surface area contributed by atoms with Crippen LogP contribution in [-0.4, -0.2) is 45.7 Å². The molecule has 1 aromatic rings. The van der Waals surface area contributed by atoms with Crippen LogP contribution in [-0.2, 0) is 11.8 Å². The number of hydrogen-bond donors (Lipinski definition) is 0. The molecule has 1 fully saturated rings. The lowest BCUT2D eigenvalue weighted by Gasteiger charge is -2.33. The van der Waals surface area contributed by atoms with Crippen molar-refractivity contribution >= 4 is 23.7 Å². The average molecular weight is 304 g/mol. The van der Waals surface area contributed by atoms with E-state index in [1.54, 1.807) is 7.05 Å². The zero-order valence-electron chi connectivity index (χ0n) is 13.7. The minimum absolute atomic E-state index is 0.183. The maximum absolute atomic E-state index is 12.8. The second kappa shape index (κ2) is 4.93. The van der Waals surface area contributed by atoms with Crippen molar-refractivity contribution in [3.63, 3.8) is 0 Å². The molecule has 0 N–H and O–H groups in total. The van der Waals surface area contributed by atoms with Gasteiger partial charge in [-0.25, -0.2) is 13.9 Å². The Kier molecular flexibility index (Phi) is 3.30. The molecule has 3 rings (SSSR count). The summed E-state index contributed by atoms with van der Waals surface area (Å²) in [6.45, 7) is 6.58. The van der Waals surface area contributed by atoms with Crippen LogP contribution >= 0.6 is 0 Å². The lowest BCUT2D eigenvalue weighted by atomic mass is 10.1. The van der Waals surface area contributed by atoms with Crippen molar-refractivity contribution in [1.82, 2.24) is 14.4 Å². The van der Waals surface area contributed by atoms with Gasteiger partial charge in [0.1, 0.15) is 11.9 Å². The maximum Gasteiger partial charge on any atom is 0.401 e. The average Bonchev–Trinajstić information content (AvgIpc) is 2.94. The molecule has 3 amide bonds. The number of likely N-dealkylation sites (N-methyl/N-ethyl adjacent to an activating group) is 1. The van der Waals surface area contributed by atoms with E-state index in [2.05, 4.69) is 18.8 Å². The van der Waals surface area contributed by atoms with Gasteiger partial charge in [0.2, 0.25) is 11.9 Å². The lowest BCUT2D eigenvalue weighted by molar-refractivity contribution is -0.677. The smallest absolute Gasteiger partial charge is 0.270 e. The molecule has 0 radical (unpaired) electrons. The van der Waals surface area contributed by atoms with Gasteiger partial charge in [0.25, 0.3) is 5.91 Å². The number of imide groups is 1. The van der Waals surface area contributed by atoms with Crippen LogP contribution in [0.2, 0.25) is 0 Å². The van der Waals surface area contributed by atoms with Gasteiger partial charge in [-0.3, -0.25) is 14.6 Å². The van der Waals surface area contributed by atoms with E-state index in [1.165, 1.54) is 9.80 Å². The predicted octanol–water partition coefficient (Wildman–Crippen LogP) is 1.15. The van der Waals surface area contributed by atoms with Gasteiger partial charge in [0, 0.05) is 13.6 Å². The summed E-state index contributed by atoms with van der Waals surface area (Å²) in [6, 6.07) is -0.810. The first-order valence-corrected chi connectivity index (χ1v) is 7.58. The van der Waals surface area contributed by atoms with Gasteiger partial charge in [-0.05, 0) is 19.3 Å². The molecule has 0 bridgehead atoms. The Bertz CT molecular complexity index is 688. The number of aryl methyl sites for hydroxylation is 1. The molecule has 118 valence electrons. The van der Waals surface area contributed by atoms with Crippen LogP contribution in [0.25, 0.3) is 0 Å². The topological polar surface area (TPSA) is 61.8 Å². The number of aliphatic imine (C=N–C) groups is 1. The fourth-order valence-corrected chi connectivity index (χ4v) is 2.89. The number of imidazole rings is 1. The highest BCUT2D eigenvalue weighted by Gasteiger charge is 2.52. The normalized spacial score (nSPS) is 20.6. The molecule has 2 aliphatic heterocycles. The second-order valence-electron chi connectivity index (χ2n) is 6.42. The van der Waals surface area contributed by atoms with Gasteiger partial charge < -0.3 is 0 Å². The predicted molar refractivity (Wildman–Crippen MR) is 80.8 cm³/mol. The molecule has 1 saturated heterocycles. The zero-order chi connectivity index (χ0) is 16.2. The summed E-state index contributed by atoms with van der Waals surface area (Å²) in [5.41, 5.74) is 1.03. The third-order valence-corrected chi connectivity index (χ3v) is 4.41. The summed E-state index contributed by atoms with van der Waals surface area (Å²) in [5.74, 6) is 1.47. The number of carbonyl (C=O) groups is 2. The number of aromatic nitrogens is 2. The Hall–Kier alpha value is -2.18. The van der Waals surface area contributed by atoms with Crippen molar-refractivity contribution < 1.29 is 14.2 Å². The molecule has 0 aromatic carbocycles. The number of amides is 3. The van der Waals surface area contributed by atoms with Crippen LogP contribution in [0.4, 0.5) is 10.7 Å². The van der Waals surface area contributed by atoms with Crippen LogP contribution in [0.1, 0.15) is 32.0 Å². The van der Waals surface area contributed by atoms with E-state index >= 15 is 0 Å². The molecule has 0 aliphatic carbocycles. The number of hydrogen-bond acceptors (Lipinski definition) is 3. The van der Waals surface area contributed by atoms with E-state index < -0.39 is 6.04 Å². The molecular formula is C15H22N5O2+. The molecule has 2 aliphatic rings. The summed E-state index contributed by atoms with van der Waals surface area (Å²) < 4.78 is 3.79. The molecule has 3 heterocycles. The zero-order valence-corrected chi connectivity index (χ0v) is 13.7. The van der Waals surface area contributed by atoms with Crippen molar-refractivity contribution in [1.29, 1.82) is 0 Å². The fraction of sp³-hybridized carbons (Fsp3) is 0.600. The lowest BCUT2D eigenvalue weighted by Crippen LogP contribution is -2.62. The molecule has 1 unspecified atom stereocenters. The number of nitrogens with zero attached hydrogens (tertiary/aromatic N) is 5. The Morgan fingerprint density at radius 2 is 2.00 bits per heavy atom. The standard InChI is InChI=1S/C15H22N5O2/c1-9(2)6-7-19-13(21)11-12(18(5)15(19)22)16-14-17(4)10(3)8-20(11)14/h8-9,11H,6-7H2,1-5H3/q+1. The Morgan fingerprint density at radius 3 is 2.64 bits per heavy atom. The largest absolute Gasteiger partial charge is 0.401 e. The fourth-order valence-electron chi connectivity index (χ4n) is 2.89. The summed E-state index contributed by atoms with van der Waals surface area (Å²) in [6.07, 6.45) is 2.72. The molecule has 7 heteroatoms. The first-order chi connectivity index (χ1) is 10.3. The van der Waals surface area contributed by atoms with Gasteiger partial charge in [0.05, 0.1) is 7.05 Å². The summed E-state index contributed by atoms with van der Waals surface area (Å²) in [7, 11) is 3.59. The Labute approximate surface area is 129 Å². The second-order valence-corrected chi connectivity index (χ2v) is 6.42. The number of rotatable bonds is 3. The van der Waals surface area contributed by atoms with Crippen molar-refractivity contribution in [3.05, 3.63) is 11.9 Å². The van der Waals surface area contributed by atoms with E-state index in [9.17, 15) is 9.59 Å². The van der Waals surface area contributed by atoms with Crippen LogP contribution in [0.15, 0.2) is 11.2 Å². The van der Waals surface area contributed by atoms with Crippen molar-refractivity contribution in [2.45, 2.75) is 33.2 Å². The van der Waals surface area contributed by atoms with E-state index in [0.717, 1.165) is 12.1 Å². The number of amidine groups is 1. The number of fused-ring (bicyclic) bond motifs is 3. The van der Waals surface area contributed by atoms with E-state index in [0.29, 0.717) is 24.2 Å². The highest BCUT2D eigenvalue weighted by molar-refractivity contribution is 6.19. The first-order valence-electron chi connectivity index (χ1n) is 7.58. The third kappa shape index (κ3) is 1.95. The van der Waals surface area contributed by atoms with E-state index in [4.69, 9.17) is 0 Å². The van der Waals surface area contributed by atoms with Crippen molar-refractivity contribution in [2.24, 2.45) is 18.0 Å². The number of carbonyl (C=O) groups excluding carboxylic acids is 2. The van der Waals surface area contributed by atoms with Gasteiger partial charge in [-0.2, -0.15) is 0 Å². The van der Waals surface area contributed by atoms with Gasteiger partial charge >= 0.3 is 12.0 Å². The highest BCUT2D eigenvalue weighted by Crippen LogP contribution is 2.28. The van der Waals surface area contributed by atoms with Crippen LogP contribution in [0.5, 0.6) is 0 Å². The highest BCUT2D eigenvalue weighted by atomic mass is 16.2. The van der Waals surface area contributed by atoms with Crippen molar-refractivity contribution in [2.75, 3.05) is 13.6 Å². The van der Waals surface area contributed by atoms with Crippen molar-refractivity contribution in [3.8, 4) is 0 Å². The Balaban J connectivity index is 1.99. The summed E-state index contributed by atoms with van der Waals surface area (Å²) >= 11 is 0. The third-order valence-electron chi connectivity index (χ3n) is 4.41. The molecular weight excluding hydrogens is 282 g/mol. The first kappa shape index (κ1) is 14.7. The van der Waals surface area contributed by atoms with Crippen LogP contribution < -0.4 is 4.57 Å². The molecule has 22 heavy (non-hydrogen) atoms. The SMILES string of the molecule is Cc1c[n+]2c(n1C)N=C1C2C(=O)N(CCC(C)C)C(=O)N1C. The molecule has 7 nitrogen and oxygen atoms in total. The minimum Gasteiger partial charge on any atom is -0.270 e.